The van der Waals surface area contributed by atoms with E-state index in [1.807, 2.05) is 12.1 Å². The first-order valence-corrected chi connectivity index (χ1v) is 10.6. The number of aryl methyl sites for hydroxylation is 2. The number of rotatable bonds is 4. The number of nitrogens with one attached hydrogen (secondary N) is 1. The van der Waals surface area contributed by atoms with Gasteiger partial charge < -0.3 is 9.40 Å². The summed E-state index contributed by atoms with van der Waals surface area (Å²) in [6.07, 6.45) is 2.86. The first kappa shape index (κ1) is 19.0. The molecule has 2 heterocycles. The van der Waals surface area contributed by atoms with Gasteiger partial charge in [0.2, 0.25) is 0 Å². The summed E-state index contributed by atoms with van der Waals surface area (Å²) in [5.74, 6) is 0.763. The normalized spacial score (nSPS) is 12.4. The van der Waals surface area contributed by atoms with Gasteiger partial charge in [0, 0.05) is 43.8 Å². The lowest BCUT2D eigenvalue weighted by atomic mass is 9.86. The summed E-state index contributed by atoms with van der Waals surface area (Å²) in [6, 6.07) is 16.2. The molecule has 3 nitrogen and oxygen atoms in total. The van der Waals surface area contributed by atoms with Gasteiger partial charge in [-0.15, -0.1) is 0 Å². The summed E-state index contributed by atoms with van der Waals surface area (Å²) in [7, 11) is 0. The van der Waals surface area contributed by atoms with Crippen LogP contribution in [0.25, 0.3) is 22.2 Å². The van der Waals surface area contributed by atoms with Gasteiger partial charge in [-0.1, -0.05) is 43.7 Å². The molecule has 0 radical (unpaired) electrons. The predicted octanol–water partition coefficient (Wildman–Crippen LogP) is 6.42. The minimum absolute atomic E-state index is 0.0857. The SMILES string of the molecule is CCc1cc(=O)oc(-c2ccc(C)cc2)c1C(C)c1c[nH]c2ccc(I)cc12. The maximum absolute atomic E-state index is 12.3. The van der Waals surface area contributed by atoms with Gasteiger partial charge in [0.05, 0.1) is 0 Å². The number of fused-ring (bicyclic) bond motifs is 1. The maximum atomic E-state index is 12.3. The molecule has 0 fully saturated rings. The molecule has 0 spiro atoms. The zero-order chi connectivity index (χ0) is 19.8. The van der Waals surface area contributed by atoms with Gasteiger partial charge in [-0.2, -0.15) is 0 Å². The lowest BCUT2D eigenvalue weighted by molar-refractivity contribution is 0.514. The molecule has 0 saturated heterocycles. The molecule has 0 bridgehead atoms. The molecule has 1 unspecified atom stereocenters. The Balaban J connectivity index is 1.96. The number of H-pyrrole nitrogens is 1. The van der Waals surface area contributed by atoms with Crippen molar-refractivity contribution >= 4 is 33.5 Å². The van der Waals surface area contributed by atoms with Gasteiger partial charge in [-0.3, -0.25) is 0 Å². The number of benzene rings is 2. The van der Waals surface area contributed by atoms with Gasteiger partial charge >= 0.3 is 5.63 Å². The van der Waals surface area contributed by atoms with Crippen LogP contribution in [-0.4, -0.2) is 4.98 Å². The summed E-state index contributed by atoms with van der Waals surface area (Å²) >= 11 is 2.34. The second kappa shape index (κ2) is 7.59. The third-order valence-corrected chi connectivity index (χ3v) is 6.03. The molecule has 0 aliphatic heterocycles. The molecule has 4 heteroatoms. The molecular weight excluding hydrogens is 461 g/mol. The van der Waals surface area contributed by atoms with E-state index < -0.39 is 0 Å². The Hall–Kier alpha value is -2.34. The summed E-state index contributed by atoms with van der Waals surface area (Å²) in [5, 5.41) is 1.21. The Morgan fingerprint density at radius 2 is 1.86 bits per heavy atom. The van der Waals surface area contributed by atoms with Crippen molar-refractivity contribution < 1.29 is 4.42 Å². The van der Waals surface area contributed by atoms with Crippen molar-refractivity contribution in [2.24, 2.45) is 0 Å². The van der Waals surface area contributed by atoms with E-state index in [0.29, 0.717) is 5.76 Å². The van der Waals surface area contributed by atoms with Crippen LogP contribution in [0.4, 0.5) is 0 Å². The van der Waals surface area contributed by atoms with Gasteiger partial charge in [-0.05, 0) is 65.3 Å². The molecule has 1 N–H and O–H groups in total. The van der Waals surface area contributed by atoms with E-state index in [9.17, 15) is 4.79 Å². The number of aromatic nitrogens is 1. The van der Waals surface area contributed by atoms with Crippen molar-refractivity contribution in [2.45, 2.75) is 33.1 Å². The molecule has 2 aromatic heterocycles. The van der Waals surface area contributed by atoms with E-state index >= 15 is 0 Å². The Morgan fingerprint density at radius 3 is 2.57 bits per heavy atom. The monoisotopic (exact) mass is 483 g/mol. The van der Waals surface area contributed by atoms with Crippen molar-refractivity contribution in [1.29, 1.82) is 0 Å². The highest BCUT2D eigenvalue weighted by Crippen LogP contribution is 2.38. The van der Waals surface area contributed by atoms with Gasteiger partial charge in [0.15, 0.2) is 0 Å². The van der Waals surface area contributed by atoms with Crippen LogP contribution < -0.4 is 5.63 Å². The highest BCUT2D eigenvalue weighted by atomic mass is 127. The second-order valence-electron chi connectivity index (χ2n) is 7.21. The van der Waals surface area contributed by atoms with Crippen LogP contribution in [0.15, 0.2) is 63.9 Å². The molecule has 28 heavy (non-hydrogen) atoms. The lowest BCUT2D eigenvalue weighted by Crippen LogP contribution is -2.09. The molecule has 0 amide bonds. The van der Waals surface area contributed by atoms with E-state index in [2.05, 4.69) is 84.9 Å². The first-order valence-electron chi connectivity index (χ1n) is 9.48. The third kappa shape index (κ3) is 3.41. The second-order valence-corrected chi connectivity index (χ2v) is 8.45. The Morgan fingerprint density at radius 1 is 1.11 bits per heavy atom. The van der Waals surface area contributed by atoms with Crippen LogP contribution in [0.3, 0.4) is 0 Å². The molecule has 142 valence electrons. The van der Waals surface area contributed by atoms with Crippen molar-refractivity contribution in [3.05, 3.63) is 91.0 Å². The Kier molecular flexibility index (Phi) is 5.15. The fourth-order valence-corrected chi connectivity index (χ4v) is 4.36. The van der Waals surface area contributed by atoms with Crippen LogP contribution >= 0.6 is 22.6 Å². The van der Waals surface area contributed by atoms with Gasteiger partial charge in [0.25, 0.3) is 0 Å². The molecule has 0 aliphatic rings. The summed E-state index contributed by atoms with van der Waals surface area (Å²) in [6.45, 7) is 6.33. The van der Waals surface area contributed by atoms with Crippen molar-refractivity contribution in [2.75, 3.05) is 0 Å². The molecule has 0 aliphatic carbocycles. The fraction of sp³-hybridized carbons (Fsp3) is 0.208. The van der Waals surface area contributed by atoms with Crippen molar-refractivity contribution in [3.63, 3.8) is 0 Å². The lowest BCUT2D eigenvalue weighted by Gasteiger charge is -2.19. The van der Waals surface area contributed by atoms with Crippen LogP contribution in [0.2, 0.25) is 0 Å². The van der Waals surface area contributed by atoms with Crippen molar-refractivity contribution in [3.8, 4) is 11.3 Å². The highest BCUT2D eigenvalue weighted by Gasteiger charge is 2.23. The molecule has 1 atom stereocenters. The number of halogens is 1. The Labute approximate surface area is 177 Å². The Bertz CT molecular complexity index is 1200. The average Bonchev–Trinajstić information content (AvgIpc) is 3.10. The third-order valence-electron chi connectivity index (χ3n) is 5.36. The van der Waals surface area contributed by atoms with E-state index in [1.165, 1.54) is 20.1 Å². The fourth-order valence-electron chi connectivity index (χ4n) is 3.87. The summed E-state index contributed by atoms with van der Waals surface area (Å²) in [5.41, 5.74) is 6.29. The van der Waals surface area contributed by atoms with E-state index in [0.717, 1.165) is 28.6 Å². The van der Waals surface area contributed by atoms with E-state index in [1.54, 1.807) is 6.07 Å². The van der Waals surface area contributed by atoms with Crippen molar-refractivity contribution in [1.82, 2.24) is 4.98 Å². The molecule has 4 rings (SSSR count). The smallest absolute Gasteiger partial charge is 0.336 e. The highest BCUT2D eigenvalue weighted by molar-refractivity contribution is 14.1. The average molecular weight is 483 g/mol. The standard InChI is InChI=1S/C24H22INO2/c1-4-16-11-22(27)28-24(17-7-5-14(2)6-8-17)23(16)15(3)20-13-26-21-10-9-18(25)12-19(20)21/h5-13,15,26H,4H2,1-3H3. The van der Waals surface area contributed by atoms with Gasteiger partial charge in [0.1, 0.15) is 5.76 Å². The molecule has 4 aromatic rings. The largest absolute Gasteiger partial charge is 0.422 e. The minimum Gasteiger partial charge on any atom is -0.422 e. The van der Waals surface area contributed by atoms with Gasteiger partial charge in [-0.25, -0.2) is 4.79 Å². The van der Waals surface area contributed by atoms with Crippen LogP contribution in [-0.2, 0) is 6.42 Å². The van der Waals surface area contributed by atoms with Crippen LogP contribution in [0.5, 0.6) is 0 Å². The zero-order valence-corrected chi connectivity index (χ0v) is 18.3. The maximum Gasteiger partial charge on any atom is 0.336 e. The van der Waals surface area contributed by atoms with Crippen LogP contribution in [0, 0.1) is 10.5 Å². The quantitative estimate of drug-likeness (QED) is 0.341. The topological polar surface area (TPSA) is 46.0 Å². The van der Waals surface area contributed by atoms with E-state index in [-0.39, 0.29) is 11.5 Å². The number of hydrogen-bond donors (Lipinski definition) is 1. The molecule has 0 saturated carbocycles. The minimum atomic E-state index is -0.295. The number of hydrogen-bond acceptors (Lipinski definition) is 2. The first-order chi connectivity index (χ1) is 13.5. The van der Waals surface area contributed by atoms with Crippen LogP contribution in [0.1, 0.15) is 42.0 Å². The number of aromatic amines is 1. The molecule has 2 aromatic carbocycles. The summed E-state index contributed by atoms with van der Waals surface area (Å²) < 4.78 is 6.97. The van der Waals surface area contributed by atoms with E-state index in [4.69, 9.17) is 4.42 Å². The summed E-state index contributed by atoms with van der Waals surface area (Å²) in [4.78, 5) is 15.6. The molecular formula is C24H22INO2. The predicted molar refractivity (Wildman–Crippen MR) is 123 cm³/mol. The zero-order valence-electron chi connectivity index (χ0n) is 16.2.